The van der Waals surface area contributed by atoms with Crippen molar-refractivity contribution in [2.75, 3.05) is 33.9 Å². The largest absolute Gasteiger partial charge is 0.497 e. The monoisotopic (exact) mass is 487 g/mol. The summed E-state index contributed by atoms with van der Waals surface area (Å²) in [5, 5.41) is 15.8. The second kappa shape index (κ2) is 12.4. The van der Waals surface area contributed by atoms with E-state index < -0.39 is 6.10 Å². The van der Waals surface area contributed by atoms with Crippen molar-refractivity contribution >= 4 is 0 Å². The van der Waals surface area contributed by atoms with Crippen LogP contribution in [0.25, 0.3) is 11.3 Å². The van der Waals surface area contributed by atoms with Gasteiger partial charge in [-0.25, -0.2) is 4.68 Å². The fraction of sp³-hybridized carbons (Fsp3) is 0.276. The van der Waals surface area contributed by atoms with E-state index in [2.05, 4.69) is 4.90 Å². The molecule has 3 aromatic carbocycles. The molecule has 188 valence electrons. The molecule has 7 nitrogen and oxygen atoms in total. The SMILES string of the molecule is COCCN(Cc1c(-c2ccccc2)nn(C)c1Oc1cccc(OC)c1)C[C@H](O)c1ccccc1. The summed E-state index contributed by atoms with van der Waals surface area (Å²) in [6, 6.07) is 27.3. The third-order valence-electron chi connectivity index (χ3n) is 6.00. The lowest BCUT2D eigenvalue weighted by Crippen LogP contribution is -2.31. The second-order valence-corrected chi connectivity index (χ2v) is 8.56. The van der Waals surface area contributed by atoms with Crippen LogP contribution in [-0.2, 0) is 18.3 Å². The predicted octanol–water partition coefficient (Wildman–Crippen LogP) is 5.07. The molecule has 0 aliphatic rings. The number of aryl methyl sites for hydroxylation is 1. The molecule has 0 saturated heterocycles. The van der Waals surface area contributed by atoms with Gasteiger partial charge in [-0.15, -0.1) is 0 Å². The van der Waals surface area contributed by atoms with Crippen LogP contribution < -0.4 is 9.47 Å². The molecule has 0 radical (unpaired) electrons. The lowest BCUT2D eigenvalue weighted by atomic mass is 10.1. The van der Waals surface area contributed by atoms with Crippen LogP contribution in [0.15, 0.2) is 84.9 Å². The van der Waals surface area contributed by atoms with Gasteiger partial charge in [-0.2, -0.15) is 5.10 Å². The minimum atomic E-state index is -0.636. The molecular weight excluding hydrogens is 454 g/mol. The standard InChI is InChI=1S/C29H33N3O4/c1-31-29(36-25-16-10-15-24(19-25)35-3)26(28(30-31)23-13-8-5-9-14-23)20-32(17-18-34-2)21-27(33)22-11-6-4-7-12-22/h4-16,19,27,33H,17-18,20-21H2,1-3H3/t27-/m0/s1. The molecule has 0 aliphatic carbocycles. The number of aliphatic hydroxyl groups is 1. The number of hydrogen-bond donors (Lipinski definition) is 1. The van der Waals surface area contributed by atoms with Crippen molar-refractivity contribution in [2.45, 2.75) is 12.6 Å². The number of rotatable bonds is 12. The Morgan fingerprint density at radius 1 is 0.917 bits per heavy atom. The number of aromatic nitrogens is 2. The molecule has 1 N–H and O–H groups in total. The van der Waals surface area contributed by atoms with E-state index in [-0.39, 0.29) is 0 Å². The maximum Gasteiger partial charge on any atom is 0.222 e. The van der Waals surface area contributed by atoms with Gasteiger partial charge in [0.05, 0.1) is 25.4 Å². The van der Waals surface area contributed by atoms with Crippen molar-refractivity contribution in [3.63, 3.8) is 0 Å². The number of nitrogens with zero attached hydrogens (tertiary/aromatic N) is 3. The number of hydrogen-bond acceptors (Lipinski definition) is 6. The molecule has 0 aliphatic heterocycles. The average molecular weight is 488 g/mol. The van der Waals surface area contributed by atoms with Crippen LogP contribution >= 0.6 is 0 Å². The maximum atomic E-state index is 11.0. The summed E-state index contributed by atoms with van der Waals surface area (Å²) in [6.45, 7) is 2.14. The number of aliphatic hydroxyl groups excluding tert-OH is 1. The van der Waals surface area contributed by atoms with Gasteiger partial charge in [-0.3, -0.25) is 4.90 Å². The predicted molar refractivity (Wildman–Crippen MR) is 140 cm³/mol. The van der Waals surface area contributed by atoms with E-state index in [9.17, 15) is 5.11 Å². The van der Waals surface area contributed by atoms with E-state index in [1.165, 1.54) is 0 Å². The molecule has 4 aromatic rings. The summed E-state index contributed by atoms with van der Waals surface area (Å²) in [5.41, 5.74) is 3.65. The lowest BCUT2D eigenvalue weighted by molar-refractivity contribution is 0.0846. The van der Waals surface area contributed by atoms with Gasteiger partial charge in [0, 0.05) is 45.4 Å². The fourth-order valence-electron chi connectivity index (χ4n) is 4.13. The van der Waals surface area contributed by atoms with E-state index >= 15 is 0 Å². The third kappa shape index (κ3) is 6.31. The second-order valence-electron chi connectivity index (χ2n) is 8.56. The van der Waals surface area contributed by atoms with E-state index in [0.717, 1.165) is 22.4 Å². The minimum absolute atomic E-state index is 0.440. The first-order valence-electron chi connectivity index (χ1n) is 12.0. The van der Waals surface area contributed by atoms with E-state index in [0.29, 0.717) is 43.6 Å². The molecule has 7 heteroatoms. The highest BCUT2D eigenvalue weighted by molar-refractivity contribution is 5.65. The first-order valence-corrected chi connectivity index (χ1v) is 12.0. The fourth-order valence-corrected chi connectivity index (χ4v) is 4.13. The van der Waals surface area contributed by atoms with Crippen LogP contribution in [0.5, 0.6) is 17.4 Å². The van der Waals surface area contributed by atoms with Gasteiger partial charge < -0.3 is 19.3 Å². The van der Waals surface area contributed by atoms with E-state index in [1.807, 2.05) is 92.0 Å². The van der Waals surface area contributed by atoms with Gasteiger partial charge in [-0.1, -0.05) is 66.7 Å². The van der Waals surface area contributed by atoms with Gasteiger partial charge in [0.2, 0.25) is 5.88 Å². The topological polar surface area (TPSA) is 69.0 Å². The summed E-state index contributed by atoms with van der Waals surface area (Å²) in [4.78, 5) is 2.17. The number of ether oxygens (including phenoxy) is 3. The highest BCUT2D eigenvalue weighted by Gasteiger charge is 2.24. The summed E-state index contributed by atoms with van der Waals surface area (Å²) < 4.78 is 18.9. The molecule has 4 rings (SSSR count). The quantitative estimate of drug-likeness (QED) is 0.301. The molecule has 0 amide bonds. The molecule has 1 heterocycles. The smallest absolute Gasteiger partial charge is 0.222 e. The number of methoxy groups -OCH3 is 2. The van der Waals surface area contributed by atoms with Gasteiger partial charge in [0.15, 0.2) is 0 Å². The van der Waals surface area contributed by atoms with Gasteiger partial charge in [0.25, 0.3) is 0 Å². The Morgan fingerprint density at radius 3 is 2.31 bits per heavy atom. The Bertz CT molecular complexity index is 1230. The number of benzene rings is 3. The van der Waals surface area contributed by atoms with E-state index in [1.54, 1.807) is 18.9 Å². The van der Waals surface area contributed by atoms with Crippen molar-refractivity contribution in [3.8, 4) is 28.6 Å². The Hall–Kier alpha value is -3.65. The Kier molecular flexibility index (Phi) is 8.73. The first kappa shape index (κ1) is 25.4. The Balaban J connectivity index is 1.70. The zero-order valence-corrected chi connectivity index (χ0v) is 21.0. The lowest BCUT2D eigenvalue weighted by Gasteiger charge is -2.25. The molecule has 1 atom stereocenters. The molecule has 36 heavy (non-hydrogen) atoms. The average Bonchev–Trinajstić information content (AvgIpc) is 3.22. The summed E-state index contributed by atoms with van der Waals surface area (Å²) in [7, 11) is 5.19. The normalized spacial score (nSPS) is 12.0. The molecular formula is C29H33N3O4. The molecule has 0 saturated carbocycles. The maximum absolute atomic E-state index is 11.0. The summed E-state index contributed by atoms with van der Waals surface area (Å²) in [5.74, 6) is 2.01. The zero-order chi connectivity index (χ0) is 25.3. The van der Waals surface area contributed by atoms with Crippen molar-refractivity contribution in [2.24, 2.45) is 7.05 Å². The highest BCUT2D eigenvalue weighted by Crippen LogP contribution is 2.35. The Morgan fingerprint density at radius 2 is 1.61 bits per heavy atom. The van der Waals surface area contributed by atoms with Gasteiger partial charge in [0.1, 0.15) is 17.2 Å². The van der Waals surface area contributed by atoms with Gasteiger partial charge >= 0.3 is 0 Å². The van der Waals surface area contributed by atoms with Crippen molar-refractivity contribution < 1.29 is 19.3 Å². The first-order chi connectivity index (χ1) is 17.6. The zero-order valence-electron chi connectivity index (χ0n) is 21.0. The van der Waals surface area contributed by atoms with Crippen molar-refractivity contribution in [1.82, 2.24) is 14.7 Å². The minimum Gasteiger partial charge on any atom is -0.497 e. The molecule has 0 spiro atoms. The summed E-state index contributed by atoms with van der Waals surface area (Å²) in [6.07, 6.45) is -0.636. The van der Waals surface area contributed by atoms with Crippen LogP contribution in [0, 0.1) is 0 Å². The van der Waals surface area contributed by atoms with Crippen LogP contribution in [-0.4, -0.2) is 53.7 Å². The third-order valence-corrected chi connectivity index (χ3v) is 6.00. The molecule has 0 unspecified atom stereocenters. The van der Waals surface area contributed by atoms with Crippen LogP contribution in [0.1, 0.15) is 17.2 Å². The Labute approximate surface area is 212 Å². The summed E-state index contributed by atoms with van der Waals surface area (Å²) >= 11 is 0. The highest BCUT2D eigenvalue weighted by atomic mass is 16.5. The van der Waals surface area contributed by atoms with Crippen molar-refractivity contribution in [3.05, 3.63) is 96.1 Å². The van der Waals surface area contributed by atoms with Gasteiger partial charge in [-0.05, 0) is 17.7 Å². The van der Waals surface area contributed by atoms with Crippen LogP contribution in [0.4, 0.5) is 0 Å². The van der Waals surface area contributed by atoms with Crippen molar-refractivity contribution in [1.29, 1.82) is 0 Å². The molecule has 0 fully saturated rings. The van der Waals surface area contributed by atoms with Crippen LogP contribution in [0.3, 0.4) is 0 Å². The molecule has 1 aromatic heterocycles. The molecule has 0 bridgehead atoms. The van der Waals surface area contributed by atoms with Crippen LogP contribution in [0.2, 0.25) is 0 Å². The van der Waals surface area contributed by atoms with E-state index in [4.69, 9.17) is 19.3 Å².